The smallest absolute Gasteiger partial charge is 0.0362 e. The van der Waals surface area contributed by atoms with Gasteiger partial charge in [0.25, 0.3) is 0 Å². The summed E-state index contributed by atoms with van der Waals surface area (Å²) in [6, 6.07) is 0. The van der Waals surface area contributed by atoms with Crippen molar-refractivity contribution in [2.45, 2.75) is 77.2 Å². The van der Waals surface area contributed by atoms with Crippen LogP contribution in [0.15, 0.2) is 0 Å². The van der Waals surface area contributed by atoms with Crippen molar-refractivity contribution >= 4 is 0 Å². The van der Waals surface area contributed by atoms with Gasteiger partial charge in [-0.2, -0.15) is 0 Å². The zero-order chi connectivity index (χ0) is 14.9. The second-order valence-electron chi connectivity index (χ2n) is 8.44. The average Bonchev–Trinajstić information content (AvgIpc) is 2.54. The Morgan fingerprint density at radius 2 is 1.71 bits per heavy atom. The SMILES string of the molecule is CC(C)C1CCCCC1(CN)N1CCC2CCCCC2C1. The molecule has 2 N–H and O–H groups in total. The summed E-state index contributed by atoms with van der Waals surface area (Å²) in [7, 11) is 0. The lowest BCUT2D eigenvalue weighted by atomic mass is 9.65. The molecule has 1 saturated heterocycles. The molecule has 21 heavy (non-hydrogen) atoms. The molecular formula is C19H36N2. The molecule has 1 heterocycles. The first-order valence-corrected chi connectivity index (χ1v) is 9.62. The van der Waals surface area contributed by atoms with Gasteiger partial charge in [-0.3, -0.25) is 4.90 Å². The third-order valence-electron chi connectivity index (χ3n) is 7.14. The van der Waals surface area contributed by atoms with E-state index in [9.17, 15) is 0 Å². The van der Waals surface area contributed by atoms with Gasteiger partial charge in [0.15, 0.2) is 0 Å². The number of rotatable bonds is 3. The van der Waals surface area contributed by atoms with Crippen molar-refractivity contribution in [1.29, 1.82) is 0 Å². The normalized spacial score (nSPS) is 42.0. The van der Waals surface area contributed by atoms with Gasteiger partial charge in [-0.1, -0.05) is 46.0 Å². The van der Waals surface area contributed by atoms with Crippen LogP contribution in [0.2, 0.25) is 0 Å². The second-order valence-corrected chi connectivity index (χ2v) is 8.44. The summed E-state index contributed by atoms with van der Waals surface area (Å²) >= 11 is 0. The number of likely N-dealkylation sites (tertiary alicyclic amines) is 1. The molecule has 4 atom stereocenters. The molecule has 0 radical (unpaired) electrons. The Bertz CT molecular complexity index is 340. The van der Waals surface area contributed by atoms with Crippen LogP contribution in [0.25, 0.3) is 0 Å². The predicted molar refractivity (Wildman–Crippen MR) is 90.2 cm³/mol. The molecule has 0 aromatic rings. The van der Waals surface area contributed by atoms with Gasteiger partial charge in [0.1, 0.15) is 0 Å². The zero-order valence-electron chi connectivity index (χ0n) is 14.3. The minimum Gasteiger partial charge on any atom is -0.329 e. The van der Waals surface area contributed by atoms with Crippen molar-refractivity contribution in [2.24, 2.45) is 29.4 Å². The standard InChI is InChI=1S/C19H36N2/c1-15(2)18-9-5-6-11-19(18,14-20)21-12-10-16-7-3-4-8-17(16)13-21/h15-18H,3-14,20H2,1-2H3. The molecule has 0 amide bonds. The Hall–Kier alpha value is -0.0800. The van der Waals surface area contributed by atoms with Gasteiger partial charge >= 0.3 is 0 Å². The fraction of sp³-hybridized carbons (Fsp3) is 1.00. The molecule has 3 rings (SSSR count). The lowest BCUT2D eigenvalue weighted by Crippen LogP contribution is -2.64. The van der Waals surface area contributed by atoms with Crippen LogP contribution >= 0.6 is 0 Å². The molecule has 0 aromatic carbocycles. The van der Waals surface area contributed by atoms with E-state index < -0.39 is 0 Å². The minimum absolute atomic E-state index is 0.328. The molecule has 122 valence electrons. The minimum atomic E-state index is 0.328. The average molecular weight is 293 g/mol. The Morgan fingerprint density at radius 3 is 2.43 bits per heavy atom. The van der Waals surface area contributed by atoms with Gasteiger partial charge in [0.2, 0.25) is 0 Å². The van der Waals surface area contributed by atoms with E-state index >= 15 is 0 Å². The first-order chi connectivity index (χ1) is 10.2. The maximum Gasteiger partial charge on any atom is 0.0362 e. The van der Waals surface area contributed by atoms with Crippen molar-refractivity contribution in [3.05, 3.63) is 0 Å². The third-order valence-corrected chi connectivity index (χ3v) is 7.14. The Kier molecular flexibility index (Phi) is 4.95. The summed E-state index contributed by atoms with van der Waals surface area (Å²) in [5.74, 6) is 3.60. The van der Waals surface area contributed by atoms with Crippen LogP contribution in [0, 0.1) is 23.7 Å². The molecule has 2 heteroatoms. The van der Waals surface area contributed by atoms with Gasteiger partial charge in [-0.25, -0.2) is 0 Å². The number of hydrogen-bond donors (Lipinski definition) is 1. The highest BCUT2D eigenvalue weighted by atomic mass is 15.2. The summed E-state index contributed by atoms with van der Waals surface area (Å²) < 4.78 is 0. The molecular weight excluding hydrogens is 256 g/mol. The second kappa shape index (κ2) is 6.58. The van der Waals surface area contributed by atoms with Crippen LogP contribution in [0.1, 0.15) is 71.6 Å². The Balaban J connectivity index is 1.78. The quantitative estimate of drug-likeness (QED) is 0.850. The van der Waals surface area contributed by atoms with Gasteiger partial charge in [0, 0.05) is 18.6 Å². The first kappa shape index (κ1) is 15.8. The summed E-state index contributed by atoms with van der Waals surface area (Å²) in [5, 5.41) is 0. The maximum atomic E-state index is 6.42. The van der Waals surface area contributed by atoms with E-state index in [1.54, 1.807) is 0 Å². The van der Waals surface area contributed by atoms with Gasteiger partial charge in [-0.15, -0.1) is 0 Å². The number of fused-ring (bicyclic) bond motifs is 1. The van der Waals surface area contributed by atoms with Crippen LogP contribution in [0.5, 0.6) is 0 Å². The molecule has 1 aliphatic heterocycles. The highest BCUT2D eigenvalue weighted by Crippen LogP contribution is 2.46. The van der Waals surface area contributed by atoms with E-state index in [4.69, 9.17) is 5.73 Å². The lowest BCUT2D eigenvalue weighted by molar-refractivity contribution is -0.0560. The van der Waals surface area contributed by atoms with Crippen LogP contribution in [-0.2, 0) is 0 Å². The predicted octanol–water partition coefficient (Wildman–Crippen LogP) is 4.04. The van der Waals surface area contributed by atoms with Crippen molar-refractivity contribution in [3.8, 4) is 0 Å². The number of nitrogens with zero attached hydrogens (tertiary/aromatic N) is 1. The van der Waals surface area contributed by atoms with Gasteiger partial charge in [-0.05, 0) is 55.9 Å². The molecule has 4 unspecified atom stereocenters. The van der Waals surface area contributed by atoms with Crippen molar-refractivity contribution in [3.63, 3.8) is 0 Å². The Labute approximate surface area is 131 Å². The van der Waals surface area contributed by atoms with Crippen LogP contribution in [0.3, 0.4) is 0 Å². The van der Waals surface area contributed by atoms with E-state index in [1.165, 1.54) is 70.9 Å². The lowest BCUT2D eigenvalue weighted by Gasteiger charge is -2.56. The molecule has 0 aromatic heterocycles. The summed E-state index contributed by atoms with van der Waals surface area (Å²) in [6.07, 6.45) is 12.9. The van der Waals surface area contributed by atoms with Crippen molar-refractivity contribution in [1.82, 2.24) is 4.90 Å². The van der Waals surface area contributed by atoms with Gasteiger partial charge in [0.05, 0.1) is 0 Å². The van der Waals surface area contributed by atoms with Crippen LogP contribution in [0.4, 0.5) is 0 Å². The Morgan fingerprint density at radius 1 is 1.00 bits per heavy atom. The first-order valence-electron chi connectivity index (χ1n) is 9.62. The maximum absolute atomic E-state index is 6.42. The van der Waals surface area contributed by atoms with Crippen LogP contribution in [-0.4, -0.2) is 30.1 Å². The molecule has 3 fully saturated rings. The molecule has 0 spiro atoms. The molecule has 2 aliphatic carbocycles. The summed E-state index contributed by atoms with van der Waals surface area (Å²) in [5.41, 5.74) is 6.75. The van der Waals surface area contributed by atoms with Crippen molar-refractivity contribution < 1.29 is 0 Å². The van der Waals surface area contributed by atoms with Crippen molar-refractivity contribution in [2.75, 3.05) is 19.6 Å². The summed E-state index contributed by atoms with van der Waals surface area (Å²) in [4.78, 5) is 2.88. The van der Waals surface area contributed by atoms with E-state index in [-0.39, 0.29) is 0 Å². The highest BCUT2D eigenvalue weighted by molar-refractivity contribution is 5.03. The monoisotopic (exact) mass is 292 g/mol. The highest BCUT2D eigenvalue weighted by Gasteiger charge is 2.47. The molecule has 2 nitrogen and oxygen atoms in total. The number of nitrogens with two attached hydrogens (primary N) is 1. The summed E-state index contributed by atoms with van der Waals surface area (Å²) in [6.45, 7) is 8.40. The fourth-order valence-corrected chi connectivity index (χ4v) is 5.98. The number of piperidine rings is 1. The van der Waals surface area contributed by atoms with E-state index in [2.05, 4.69) is 18.7 Å². The third kappa shape index (κ3) is 2.91. The topological polar surface area (TPSA) is 29.3 Å². The van der Waals surface area contributed by atoms with E-state index in [0.29, 0.717) is 5.54 Å². The molecule has 0 bridgehead atoms. The van der Waals surface area contributed by atoms with Crippen LogP contribution < -0.4 is 5.73 Å². The largest absolute Gasteiger partial charge is 0.329 e. The fourth-order valence-electron chi connectivity index (χ4n) is 5.98. The van der Waals surface area contributed by atoms with Gasteiger partial charge < -0.3 is 5.73 Å². The molecule has 3 aliphatic rings. The molecule has 2 saturated carbocycles. The van der Waals surface area contributed by atoms with E-state index in [1.807, 2.05) is 0 Å². The number of hydrogen-bond acceptors (Lipinski definition) is 2. The van der Waals surface area contributed by atoms with E-state index in [0.717, 1.165) is 30.2 Å². The zero-order valence-corrected chi connectivity index (χ0v) is 14.3.